The number of amides is 3. The van der Waals surface area contributed by atoms with Crippen molar-refractivity contribution in [2.45, 2.75) is 123 Å². The predicted molar refractivity (Wildman–Crippen MR) is 148 cm³/mol. The van der Waals surface area contributed by atoms with E-state index >= 15 is 0 Å². The third-order valence-corrected chi connectivity index (χ3v) is 6.73. The number of hydrogen-bond acceptors (Lipinski definition) is 6. The quantitative estimate of drug-likeness (QED) is 0.198. The first-order chi connectivity index (χ1) is 18.2. The van der Waals surface area contributed by atoms with Gasteiger partial charge in [-0.2, -0.15) is 0 Å². The van der Waals surface area contributed by atoms with Crippen LogP contribution in [-0.2, 0) is 23.9 Å². The summed E-state index contributed by atoms with van der Waals surface area (Å²) in [6, 6.07) is -1.90. The van der Waals surface area contributed by atoms with E-state index in [9.17, 15) is 19.2 Å². The molecule has 0 bridgehead atoms. The average molecular weight is 538 g/mol. The summed E-state index contributed by atoms with van der Waals surface area (Å²) in [5, 5.41) is 8.14. The number of cyclic esters (lactones) is 1. The van der Waals surface area contributed by atoms with Crippen LogP contribution < -0.4 is 16.0 Å². The standard InChI is InChI=1S/C29H51N3O6/c1-6-8-9-10-14-17-23-18-15-12-11-13-16-22(26(33)30-5)20-25(28(35)37-7-2)31-27(34)24(19-21(3)4)32-29(36)38-23/h11,13,21-25H,6-10,12,14-20H2,1-5H3,(H,30,33)(H,31,34)(H,32,36)/b13-11-/t22?,23?,24-,25-/m0/s1. The lowest BCUT2D eigenvalue weighted by Crippen LogP contribution is -2.53. The monoisotopic (exact) mass is 537 g/mol. The van der Waals surface area contributed by atoms with Crippen LogP contribution in [-0.4, -0.2) is 55.7 Å². The molecule has 0 saturated carbocycles. The first kappa shape index (κ1) is 33.4. The van der Waals surface area contributed by atoms with Gasteiger partial charge in [0.2, 0.25) is 11.8 Å². The third-order valence-electron chi connectivity index (χ3n) is 6.73. The number of carbonyl (C=O) groups excluding carboxylic acids is 4. The third kappa shape index (κ3) is 13.8. The minimum absolute atomic E-state index is 0.0908. The Morgan fingerprint density at radius 2 is 1.84 bits per heavy atom. The van der Waals surface area contributed by atoms with Crippen LogP contribution in [0.2, 0.25) is 0 Å². The summed E-state index contributed by atoms with van der Waals surface area (Å²) in [7, 11) is 1.56. The van der Waals surface area contributed by atoms with E-state index in [4.69, 9.17) is 9.47 Å². The van der Waals surface area contributed by atoms with Crippen LogP contribution in [0.15, 0.2) is 12.2 Å². The summed E-state index contributed by atoms with van der Waals surface area (Å²) < 4.78 is 11.0. The van der Waals surface area contributed by atoms with Crippen molar-refractivity contribution in [2.75, 3.05) is 13.7 Å². The molecule has 0 aromatic heterocycles. The van der Waals surface area contributed by atoms with E-state index in [1.54, 1.807) is 14.0 Å². The molecule has 1 aliphatic rings. The van der Waals surface area contributed by atoms with Crippen LogP contribution in [0, 0.1) is 11.8 Å². The van der Waals surface area contributed by atoms with Crippen LogP contribution in [0.3, 0.4) is 0 Å². The fourth-order valence-corrected chi connectivity index (χ4v) is 4.64. The number of rotatable bonds is 11. The molecule has 1 heterocycles. The molecule has 4 atom stereocenters. The van der Waals surface area contributed by atoms with Crippen molar-refractivity contribution < 1.29 is 28.7 Å². The Bertz CT molecular complexity index is 755. The minimum atomic E-state index is -1.02. The number of ether oxygens (including phenoxy) is 2. The second-order valence-corrected chi connectivity index (χ2v) is 10.6. The SMILES string of the molecule is CCCCCCCC1CCC/C=C\CC(C(=O)NC)C[C@@H](C(=O)OCC)NC(=O)[C@H](CC(C)C)NC(=O)O1. The van der Waals surface area contributed by atoms with Crippen LogP contribution >= 0.6 is 0 Å². The maximum absolute atomic E-state index is 13.3. The molecule has 3 N–H and O–H groups in total. The maximum Gasteiger partial charge on any atom is 0.408 e. The van der Waals surface area contributed by atoms with E-state index in [-0.39, 0.29) is 31.0 Å². The molecule has 0 aliphatic carbocycles. The van der Waals surface area contributed by atoms with Gasteiger partial charge >= 0.3 is 12.1 Å². The van der Waals surface area contributed by atoms with Gasteiger partial charge in [0.1, 0.15) is 18.2 Å². The van der Waals surface area contributed by atoms with E-state index in [2.05, 4.69) is 22.9 Å². The van der Waals surface area contributed by atoms with Gasteiger partial charge in [-0.25, -0.2) is 9.59 Å². The fraction of sp³-hybridized carbons (Fsp3) is 0.793. The number of carbonyl (C=O) groups is 4. The van der Waals surface area contributed by atoms with Crippen molar-refractivity contribution in [3.8, 4) is 0 Å². The van der Waals surface area contributed by atoms with Crippen LogP contribution in [0.1, 0.15) is 105 Å². The van der Waals surface area contributed by atoms with Gasteiger partial charge in [0.05, 0.1) is 6.61 Å². The summed E-state index contributed by atoms with van der Waals surface area (Å²) >= 11 is 0. The van der Waals surface area contributed by atoms with Gasteiger partial charge in [0, 0.05) is 13.0 Å². The molecule has 0 aromatic carbocycles. The number of esters is 1. The average Bonchev–Trinajstić information content (AvgIpc) is 2.87. The predicted octanol–water partition coefficient (Wildman–Crippen LogP) is 4.79. The highest BCUT2D eigenvalue weighted by molar-refractivity contribution is 5.90. The summed E-state index contributed by atoms with van der Waals surface area (Å²) in [5.74, 6) is -1.72. The Morgan fingerprint density at radius 1 is 1.11 bits per heavy atom. The van der Waals surface area contributed by atoms with E-state index in [1.165, 1.54) is 19.3 Å². The van der Waals surface area contributed by atoms with Crippen molar-refractivity contribution in [2.24, 2.45) is 11.8 Å². The summed E-state index contributed by atoms with van der Waals surface area (Å²) in [5.41, 5.74) is 0. The molecule has 9 heteroatoms. The van der Waals surface area contributed by atoms with Gasteiger partial charge in [-0.15, -0.1) is 0 Å². The molecule has 0 spiro atoms. The van der Waals surface area contributed by atoms with Crippen molar-refractivity contribution in [1.29, 1.82) is 0 Å². The summed E-state index contributed by atoms with van der Waals surface area (Å²) in [4.78, 5) is 51.5. The molecule has 0 radical (unpaired) electrons. The van der Waals surface area contributed by atoms with Crippen molar-refractivity contribution in [3.05, 3.63) is 12.2 Å². The maximum atomic E-state index is 13.3. The summed E-state index contributed by atoms with van der Waals surface area (Å²) in [6.07, 6.45) is 12.8. The molecule has 1 rings (SSSR count). The highest BCUT2D eigenvalue weighted by Gasteiger charge is 2.32. The lowest BCUT2D eigenvalue weighted by Gasteiger charge is -2.26. The lowest BCUT2D eigenvalue weighted by atomic mass is 9.94. The largest absolute Gasteiger partial charge is 0.464 e. The van der Waals surface area contributed by atoms with Crippen LogP contribution in [0.4, 0.5) is 4.79 Å². The van der Waals surface area contributed by atoms with Gasteiger partial charge in [0.25, 0.3) is 0 Å². The van der Waals surface area contributed by atoms with Crippen LogP contribution in [0.5, 0.6) is 0 Å². The van der Waals surface area contributed by atoms with Gasteiger partial charge in [-0.1, -0.05) is 58.6 Å². The van der Waals surface area contributed by atoms with E-state index in [0.29, 0.717) is 12.8 Å². The zero-order valence-corrected chi connectivity index (χ0v) is 24.2. The second kappa shape index (κ2) is 19.5. The summed E-state index contributed by atoms with van der Waals surface area (Å²) in [6.45, 7) is 7.92. The van der Waals surface area contributed by atoms with E-state index in [1.807, 2.05) is 26.0 Å². The molecular formula is C29H51N3O6. The molecule has 2 unspecified atom stereocenters. The molecule has 1 aliphatic heterocycles. The topological polar surface area (TPSA) is 123 Å². The van der Waals surface area contributed by atoms with Crippen molar-refractivity contribution in [3.63, 3.8) is 0 Å². The molecule has 0 fully saturated rings. The first-order valence-corrected chi connectivity index (χ1v) is 14.5. The second-order valence-electron chi connectivity index (χ2n) is 10.6. The Kier molecular flexibility index (Phi) is 17.1. The number of alkyl carbamates (subject to hydrolysis) is 1. The smallest absolute Gasteiger partial charge is 0.408 e. The van der Waals surface area contributed by atoms with Gasteiger partial charge in [-0.3, -0.25) is 9.59 Å². The van der Waals surface area contributed by atoms with Crippen LogP contribution in [0.25, 0.3) is 0 Å². The molecule has 0 saturated heterocycles. The normalized spacial score (nSPS) is 24.6. The van der Waals surface area contributed by atoms with Gasteiger partial charge in [0.15, 0.2) is 0 Å². The van der Waals surface area contributed by atoms with Gasteiger partial charge < -0.3 is 25.4 Å². The molecule has 38 heavy (non-hydrogen) atoms. The highest BCUT2D eigenvalue weighted by atomic mass is 16.6. The first-order valence-electron chi connectivity index (χ1n) is 14.5. The number of nitrogens with one attached hydrogen (secondary N) is 3. The Balaban J connectivity index is 3.15. The van der Waals surface area contributed by atoms with Gasteiger partial charge in [-0.05, 0) is 64.2 Å². The Labute approximate surface area is 229 Å². The molecule has 3 amide bonds. The fourth-order valence-electron chi connectivity index (χ4n) is 4.64. The zero-order valence-electron chi connectivity index (χ0n) is 24.2. The highest BCUT2D eigenvalue weighted by Crippen LogP contribution is 2.18. The number of allylic oxidation sites excluding steroid dienone is 2. The Morgan fingerprint density at radius 3 is 2.50 bits per heavy atom. The zero-order chi connectivity index (χ0) is 28.3. The number of hydrogen-bond donors (Lipinski definition) is 3. The molecule has 9 nitrogen and oxygen atoms in total. The number of unbranched alkanes of at least 4 members (excludes halogenated alkanes) is 4. The molecular weight excluding hydrogens is 486 g/mol. The Hall–Kier alpha value is -2.58. The van der Waals surface area contributed by atoms with E-state index < -0.39 is 36.0 Å². The van der Waals surface area contributed by atoms with E-state index in [0.717, 1.165) is 38.5 Å². The molecule has 0 aromatic rings. The minimum Gasteiger partial charge on any atom is -0.464 e. The molecule has 218 valence electrons. The van der Waals surface area contributed by atoms with Crippen molar-refractivity contribution >= 4 is 23.9 Å². The van der Waals surface area contributed by atoms with Crippen molar-refractivity contribution in [1.82, 2.24) is 16.0 Å². The lowest BCUT2D eigenvalue weighted by molar-refractivity contribution is -0.148.